The summed E-state index contributed by atoms with van der Waals surface area (Å²) in [5.41, 5.74) is 5.24. The average molecular weight is 302 g/mol. The molecule has 0 unspecified atom stereocenters. The van der Waals surface area contributed by atoms with Crippen molar-refractivity contribution >= 4 is 11.3 Å². The Morgan fingerprint density at radius 3 is 2.55 bits per heavy atom. The van der Waals surface area contributed by atoms with Gasteiger partial charge in [-0.1, -0.05) is 13.0 Å². The Kier molecular flexibility index (Phi) is 5.17. The lowest BCUT2D eigenvalue weighted by molar-refractivity contribution is 0.407. The number of methoxy groups -OCH3 is 1. The van der Waals surface area contributed by atoms with Crippen LogP contribution < -0.4 is 15.0 Å². The molecule has 0 radical (unpaired) electrons. The van der Waals surface area contributed by atoms with Gasteiger partial charge in [-0.2, -0.15) is 0 Å². The second kappa shape index (κ2) is 6.74. The molecule has 1 aliphatic rings. The van der Waals surface area contributed by atoms with Crippen molar-refractivity contribution in [3.63, 3.8) is 0 Å². The maximum absolute atomic E-state index is 5.65. The van der Waals surface area contributed by atoms with E-state index in [0.29, 0.717) is 0 Å². The van der Waals surface area contributed by atoms with Crippen LogP contribution in [0.5, 0.6) is 5.75 Å². The third-order valence-corrected chi connectivity index (χ3v) is 4.44. The zero-order valence-electron chi connectivity index (χ0n) is 14.9. The Morgan fingerprint density at radius 1 is 1.23 bits per heavy atom. The molecule has 3 heteroatoms. The Bertz CT molecular complexity index is 561. The maximum Gasteiger partial charge on any atom is 0.125 e. The second-order valence-electron chi connectivity index (χ2n) is 6.58. The van der Waals surface area contributed by atoms with Crippen LogP contribution in [0, 0.1) is 0 Å². The van der Waals surface area contributed by atoms with Crippen molar-refractivity contribution in [2.75, 3.05) is 25.1 Å². The summed E-state index contributed by atoms with van der Waals surface area (Å²) in [6.07, 6.45) is 3.51. The molecule has 0 spiro atoms. The van der Waals surface area contributed by atoms with Crippen molar-refractivity contribution < 1.29 is 4.74 Å². The molecule has 22 heavy (non-hydrogen) atoms. The van der Waals surface area contributed by atoms with E-state index in [1.165, 1.54) is 22.4 Å². The first-order chi connectivity index (χ1) is 10.4. The Hall–Kier alpha value is -1.48. The highest BCUT2D eigenvalue weighted by molar-refractivity contribution is 5.82. The van der Waals surface area contributed by atoms with Crippen LogP contribution in [-0.2, 0) is 6.54 Å². The topological polar surface area (TPSA) is 24.5 Å². The summed E-state index contributed by atoms with van der Waals surface area (Å²) in [4.78, 5) is 2.45. The highest BCUT2D eigenvalue weighted by atomic mass is 16.5. The Morgan fingerprint density at radius 2 is 1.95 bits per heavy atom. The minimum atomic E-state index is 0.0405. The lowest BCUT2D eigenvalue weighted by Crippen LogP contribution is -2.44. The van der Waals surface area contributed by atoms with Crippen LogP contribution in [0.15, 0.2) is 18.2 Å². The quantitative estimate of drug-likeness (QED) is 0.796. The monoisotopic (exact) mass is 302 g/mol. The van der Waals surface area contributed by atoms with Gasteiger partial charge in [0.2, 0.25) is 0 Å². The molecule has 0 saturated carbocycles. The van der Waals surface area contributed by atoms with Gasteiger partial charge >= 0.3 is 0 Å². The third-order valence-electron chi connectivity index (χ3n) is 4.44. The van der Waals surface area contributed by atoms with Gasteiger partial charge in [0, 0.05) is 36.0 Å². The largest absolute Gasteiger partial charge is 0.496 e. The first kappa shape index (κ1) is 16.9. The van der Waals surface area contributed by atoms with Crippen molar-refractivity contribution in [1.82, 2.24) is 5.32 Å². The summed E-state index contributed by atoms with van der Waals surface area (Å²) in [5.74, 6) is 0.978. The van der Waals surface area contributed by atoms with Crippen molar-refractivity contribution in [3.05, 3.63) is 29.3 Å². The second-order valence-corrected chi connectivity index (χ2v) is 6.58. The molecule has 1 aromatic carbocycles. The molecule has 1 N–H and O–H groups in total. The number of likely N-dealkylation sites (N-methyl/N-ethyl adjacent to an activating group) is 1. The van der Waals surface area contributed by atoms with E-state index < -0.39 is 0 Å². The number of ether oxygens (including phenoxy) is 1. The average Bonchev–Trinajstić information content (AvgIpc) is 2.47. The molecule has 3 nitrogen and oxygen atoms in total. The highest BCUT2D eigenvalue weighted by Crippen LogP contribution is 2.41. The summed E-state index contributed by atoms with van der Waals surface area (Å²) >= 11 is 0. The van der Waals surface area contributed by atoms with Gasteiger partial charge in [-0.3, -0.25) is 0 Å². The molecule has 1 aromatic rings. The Labute approximate surface area is 135 Å². The predicted molar refractivity (Wildman–Crippen MR) is 95.7 cm³/mol. The van der Waals surface area contributed by atoms with Crippen LogP contribution in [0.3, 0.4) is 0 Å². The fraction of sp³-hybridized carbons (Fsp3) is 0.579. The number of hydrogen-bond acceptors (Lipinski definition) is 3. The van der Waals surface area contributed by atoms with Crippen LogP contribution in [0.1, 0.15) is 52.2 Å². The van der Waals surface area contributed by atoms with Gasteiger partial charge in [0.25, 0.3) is 0 Å². The van der Waals surface area contributed by atoms with Crippen LogP contribution >= 0.6 is 0 Å². The number of nitrogens with zero attached hydrogens (tertiary/aromatic N) is 1. The minimum Gasteiger partial charge on any atom is -0.496 e. The fourth-order valence-electron chi connectivity index (χ4n) is 3.45. The first-order valence-electron chi connectivity index (χ1n) is 8.33. The number of anilines is 1. The maximum atomic E-state index is 5.65. The van der Waals surface area contributed by atoms with E-state index >= 15 is 0 Å². The molecule has 1 heterocycles. The number of hydrogen-bond donors (Lipinski definition) is 1. The van der Waals surface area contributed by atoms with Crippen molar-refractivity contribution in [1.29, 1.82) is 0 Å². The third kappa shape index (κ3) is 3.14. The lowest BCUT2D eigenvalue weighted by atomic mass is 9.87. The highest BCUT2D eigenvalue weighted by Gasteiger charge is 2.31. The molecular weight excluding hydrogens is 272 g/mol. The number of rotatable bonds is 6. The normalized spacial score (nSPS) is 16.3. The molecule has 0 saturated heterocycles. The lowest BCUT2D eigenvalue weighted by Gasteiger charge is -2.43. The van der Waals surface area contributed by atoms with E-state index in [0.717, 1.165) is 31.8 Å². The van der Waals surface area contributed by atoms with Crippen LogP contribution in [0.2, 0.25) is 0 Å². The Balaban J connectivity index is 2.47. The fourth-order valence-corrected chi connectivity index (χ4v) is 3.45. The van der Waals surface area contributed by atoms with Crippen LogP contribution in [0.4, 0.5) is 5.69 Å². The molecule has 0 aliphatic carbocycles. The molecule has 0 aromatic heterocycles. The van der Waals surface area contributed by atoms with Gasteiger partial charge in [-0.05, 0) is 52.3 Å². The van der Waals surface area contributed by atoms with Crippen molar-refractivity contribution in [2.45, 2.75) is 53.1 Å². The minimum absolute atomic E-state index is 0.0405. The molecule has 0 amide bonds. The van der Waals surface area contributed by atoms with E-state index in [1.54, 1.807) is 7.11 Å². The summed E-state index contributed by atoms with van der Waals surface area (Å²) in [7, 11) is 1.76. The van der Waals surface area contributed by atoms with Crippen molar-refractivity contribution in [2.24, 2.45) is 0 Å². The van der Waals surface area contributed by atoms with Crippen LogP contribution in [0.25, 0.3) is 5.57 Å². The summed E-state index contributed by atoms with van der Waals surface area (Å²) in [6, 6.07) is 4.50. The predicted octanol–water partition coefficient (Wildman–Crippen LogP) is 4.22. The standard InChI is InChI=1S/C19H30N2O/c1-7-9-20-13-15-10-16-14(3)12-19(4,5)21(8-2)17(16)11-18(15)22-6/h10-12,20H,7-9,13H2,1-6H3. The van der Waals surface area contributed by atoms with Gasteiger partial charge in [0.15, 0.2) is 0 Å². The van der Waals surface area contributed by atoms with E-state index in [-0.39, 0.29) is 5.54 Å². The summed E-state index contributed by atoms with van der Waals surface area (Å²) in [5, 5.41) is 3.48. The van der Waals surface area contributed by atoms with Crippen LogP contribution in [-0.4, -0.2) is 25.7 Å². The molecule has 0 bridgehead atoms. The van der Waals surface area contributed by atoms with Gasteiger partial charge in [-0.15, -0.1) is 0 Å². The van der Waals surface area contributed by atoms with Crippen molar-refractivity contribution in [3.8, 4) is 5.75 Å². The summed E-state index contributed by atoms with van der Waals surface area (Å²) < 4.78 is 5.65. The number of nitrogens with one attached hydrogen (secondary N) is 1. The van der Waals surface area contributed by atoms with Gasteiger partial charge in [0.1, 0.15) is 5.75 Å². The number of fused-ring (bicyclic) bond motifs is 1. The molecule has 0 atom stereocenters. The molecule has 2 rings (SSSR count). The van der Waals surface area contributed by atoms with Gasteiger partial charge in [-0.25, -0.2) is 0 Å². The zero-order chi connectivity index (χ0) is 16.3. The zero-order valence-corrected chi connectivity index (χ0v) is 14.9. The number of benzene rings is 1. The van der Waals surface area contributed by atoms with Gasteiger partial charge < -0.3 is 15.0 Å². The molecule has 0 fully saturated rings. The first-order valence-corrected chi connectivity index (χ1v) is 8.33. The van der Waals surface area contributed by atoms with E-state index in [9.17, 15) is 0 Å². The molecular formula is C19H30N2O. The summed E-state index contributed by atoms with van der Waals surface area (Å²) in [6.45, 7) is 14.0. The molecule has 1 aliphatic heterocycles. The van der Waals surface area contributed by atoms with Gasteiger partial charge in [0.05, 0.1) is 12.6 Å². The molecule has 122 valence electrons. The van der Waals surface area contributed by atoms with E-state index in [1.807, 2.05) is 0 Å². The number of allylic oxidation sites excluding steroid dienone is 1. The van der Waals surface area contributed by atoms with E-state index in [4.69, 9.17) is 4.74 Å². The smallest absolute Gasteiger partial charge is 0.125 e. The van der Waals surface area contributed by atoms with E-state index in [2.05, 4.69) is 63.0 Å². The SMILES string of the molecule is CCCNCc1cc2c(cc1OC)N(CC)C(C)(C)C=C2C.